The third kappa shape index (κ3) is 1.66. The fraction of sp³-hybridized carbons (Fsp3) is 0.333. The summed E-state index contributed by atoms with van der Waals surface area (Å²) in [6, 6.07) is 1.89. The van der Waals surface area contributed by atoms with Gasteiger partial charge in [0.1, 0.15) is 5.82 Å². The minimum Gasteiger partial charge on any atom is -0.461 e. The topological polar surface area (TPSA) is 64.9 Å². The van der Waals surface area contributed by atoms with Gasteiger partial charge in [-0.2, -0.15) is 0 Å². The molecular weight excluding hydrogens is 202 g/mol. The molecule has 2 heterocycles. The Hall–Kier alpha value is -1.84. The molecule has 0 aliphatic heterocycles. The summed E-state index contributed by atoms with van der Waals surface area (Å²) in [5, 5.41) is 0. The molecule has 4 nitrogen and oxygen atoms in total. The monoisotopic (exact) mass is 217 g/mol. The van der Waals surface area contributed by atoms with Crippen LogP contribution in [-0.2, 0) is 6.42 Å². The van der Waals surface area contributed by atoms with Gasteiger partial charge in [-0.15, -0.1) is 0 Å². The number of nitrogens with zero attached hydrogens (tertiary/aromatic N) is 2. The third-order valence-corrected chi connectivity index (χ3v) is 2.68. The molecule has 2 N–H and O–H groups in total. The van der Waals surface area contributed by atoms with E-state index in [2.05, 4.69) is 9.97 Å². The van der Waals surface area contributed by atoms with E-state index in [1.54, 1.807) is 6.26 Å². The van der Waals surface area contributed by atoms with Crippen LogP contribution in [0.15, 0.2) is 16.7 Å². The van der Waals surface area contributed by atoms with Gasteiger partial charge >= 0.3 is 0 Å². The lowest BCUT2D eigenvalue weighted by molar-refractivity contribution is 0.575. The summed E-state index contributed by atoms with van der Waals surface area (Å²) in [5.41, 5.74) is 8.80. The molecule has 0 fully saturated rings. The first-order valence-electron chi connectivity index (χ1n) is 5.31. The summed E-state index contributed by atoms with van der Waals surface area (Å²) in [6.07, 6.45) is 2.47. The number of nitrogen functional groups attached to an aromatic ring is 1. The van der Waals surface area contributed by atoms with Crippen LogP contribution in [0.4, 0.5) is 5.82 Å². The van der Waals surface area contributed by atoms with Gasteiger partial charge in [-0.05, 0) is 31.9 Å². The van der Waals surface area contributed by atoms with E-state index in [1.165, 1.54) is 0 Å². The molecule has 0 aromatic carbocycles. The number of rotatable bonds is 2. The Morgan fingerprint density at radius 2 is 2.06 bits per heavy atom. The molecule has 0 amide bonds. The fourth-order valence-electron chi connectivity index (χ4n) is 1.63. The van der Waals surface area contributed by atoms with Crippen LogP contribution in [0.2, 0.25) is 0 Å². The largest absolute Gasteiger partial charge is 0.461 e. The van der Waals surface area contributed by atoms with Crippen molar-refractivity contribution in [1.82, 2.24) is 9.97 Å². The van der Waals surface area contributed by atoms with Crippen LogP contribution >= 0.6 is 0 Å². The lowest BCUT2D eigenvalue weighted by Crippen LogP contribution is -2.04. The molecule has 0 spiro atoms. The molecular formula is C12H15N3O. The maximum Gasteiger partial charge on any atom is 0.198 e. The van der Waals surface area contributed by atoms with E-state index in [-0.39, 0.29) is 0 Å². The number of anilines is 1. The van der Waals surface area contributed by atoms with Crippen molar-refractivity contribution in [2.24, 2.45) is 0 Å². The van der Waals surface area contributed by atoms with Crippen molar-refractivity contribution >= 4 is 5.82 Å². The van der Waals surface area contributed by atoms with Crippen LogP contribution in [0.1, 0.15) is 23.7 Å². The molecule has 0 unspecified atom stereocenters. The maximum atomic E-state index is 5.86. The molecule has 16 heavy (non-hydrogen) atoms. The lowest BCUT2D eigenvalue weighted by Gasteiger charge is -2.07. The van der Waals surface area contributed by atoms with Gasteiger partial charge in [0.15, 0.2) is 11.6 Å². The number of aryl methyl sites for hydroxylation is 2. The first-order valence-corrected chi connectivity index (χ1v) is 5.31. The van der Waals surface area contributed by atoms with Gasteiger partial charge < -0.3 is 10.2 Å². The third-order valence-electron chi connectivity index (χ3n) is 2.68. The molecule has 0 aliphatic carbocycles. The SMILES string of the molecule is CCc1nc(-c2occc2C)nc(N)c1C. The number of hydrogen-bond acceptors (Lipinski definition) is 4. The molecule has 0 saturated heterocycles. The first-order chi connectivity index (χ1) is 7.63. The fourth-order valence-corrected chi connectivity index (χ4v) is 1.63. The van der Waals surface area contributed by atoms with Crippen LogP contribution in [0.5, 0.6) is 0 Å². The lowest BCUT2D eigenvalue weighted by atomic mass is 10.2. The summed E-state index contributed by atoms with van der Waals surface area (Å²) in [4.78, 5) is 8.73. The Morgan fingerprint density at radius 1 is 1.31 bits per heavy atom. The van der Waals surface area contributed by atoms with E-state index in [0.29, 0.717) is 17.4 Å². The minimum atomic E-state index is 0.526. The predicted molar refractivity (Wildman–Crippen MR) is 63.0 cm³/mol. The van der Waals surface area contributed by atoms with Crippen molar-refractivity contribution in [2.45, 2.75) is 27.2 Å². The zero-order valence-electron chi connectivity index (χ0n) is 9.74. The van der Waals surface area contributed by atoms with E-state index in [9.17, 15) is 0 Å². The second-order valence-electron chi connectivity index (χ2n) is 3.79. The number of furan rings is 1. The van der Waals surface area contributed by atoms with Crippen molar-refractivity contribution in [1.29, 1.82) is 0 Å². The van der Waals surface area contributed by atoms with Gasteiger partial charge in [-0.3, -0.25) is 0 Å². The Bertz CT molecular complexity index is 517. The average molecular weight is 217 g/mol. The van der Waals surface area contributed by atoms with E-state index >= 15 is 0 Å². The summed E-state index contributed by atoms with van der Waals surface area (Å²) in [6.45, 7) is 5.95. The summed E-state index contributed by atoms with van der Waals surface area (Å²) in [7, 11) is 0. The van der Waals surface area contributed by atoms with Gasteiger partial charge in [0.05, 0.1) is 6.26 Å². The van der Waals surface area contributed by atoms with Crippen molar-refractivity contribution in [2.75, 3.05) is 5.73 Å². The quantitative estimate of drug-likeness (QED) is 0.839. The Morgan fingerprint density at radius 3 is 2.62 bits per heavy atom. The van der Waals surface area contributed by atoms with Crippen molar-refractivity contribution < 1.29 is 4.42 Å². The number of nitrogens with two attached hydrogens (primary N) is 1. The van der Waals surface area contributed by atoms with E-state index in [4.69, 9.17) is 10.2 Å². The molecule has 0 atom stereocenters. The predicted octanol–water partition coefficient (Wildman–Crippen LogP) is 2.50. The van der Waals surface area contributed by atoms with Crippen molar-refractivity contribution in [3.63, 3.8) is 0 Å². The van der Waals surface area contributed by atoms with Gasteiger partial charge in [0.2, 0.25) is 0 Å². The van der Waals surface area contributed by atoms with Crippen LogP contribution in [0.3, 0.4) is 0 Å². The molecule has 0 aliphatic rings. The molecule has 0 bridgehead atoms. The van der Waals surface area contributed by atoms with Gasteiger partial charge in [0, 0.05) is 11.3 Å². The second-order valence-corrected chi connectivity index (χ2v) is 3.79. The summed E-state index contributed by atoms with van der Waals surface area (Å²) < 4.78 is 5.36. The van der Waals surface area contributed by atoms with Gasteiger partial charge in [-0.1, -0.05) is 6.92 Å². The standard InChI is InChI=1S/C12H15N3O/c1-4-9-8(3)11(13)15-12(14-9)10-7(2)5-6-16-10/h5-6H,4H2,1-3H3,(H2,13,14,15). The minimum absolute atomic E-state index is 0.526. The molecule has 0 radical (unpaired) electrons. The van der Waals surface area contributed by atoms with Crippen molar-refractivity contribution in [3.05, 3.63) is 29.2 Å². The molecule has 0 saturated carbocycles. The van der Waals surface area contributed by atoms with Crippen molar-refractivity contribution in [3.8, 4) is 11.6 Å². The second kappa shape index (κ2) is 3.96. The zero-order chi connectivity index (χ0) is 11.7. The van der Waals surface area contributed by atoms with Crippen LogP contribution in [0.25, 0.3) is 11.6 Å². The highest BCUT2D eigenvalue weighted by molar-refractivity contribution is 5.56. The highest BCUT2D eigenvalue weighted by atomic mass is 16.3. The molecule has 4 heteroatoms. The Balaban J connectivity index is 2.59. The molecule has 2 aromatic heterocycles. The molecule has 84 valence electrons. The average Bonchev–Trinajstić information content (AvgIpc) is 2.68. The number of hydrogen-bond donors (Lipinski definition) is 1. The number of aromatic nitrogens is 2. The van der Waals surface area contributed by atoms with E-state index in [0.717, 1.165) is 23.2 Å². The Labute approximate surface area is 94.5 Å². The summed E-state index contributed by atoms with van der Waals surface area (Å²) >= 11 is 0. The van der Waals surface area contributed by atoms with E-state index < -0.39 is 0 Å². The van der Waals surface area contributed by atoms with Crippen LogP contribution in [-0.4, -0.2) is 9.97 Å². The van der Waals surface area contributed by atoms with Gasteiger partial charge in [-0.25, -0.2) is 9.97 Å². The molecule has 2 rings (SSSR count). The highest BCUT2D eigenvalue weighted by Crippen LogP contribution is 2.23. The van der Waals surface area contributed by atoms with Crippen LogP contribution < -0.4 is 5.73 Å². The zero-order valence-corrected chi connectivity index (χ0v) is 9.74. The normalized spacial score (nSPS) is 10.7. The molecule has 2 aromatic rings. The smallest absolute Gasteiger partial charge is 0.198 e. The highest BCUT2D eigenvalue weighted by Gasteiger charge is 2.13. The van der Waals surface area contributed by atoms with E-state index in [1.807, 2.05) is 26.8 Å². The Kier molecular flexibility index (Phi) is 2.64. The summed E-state index contributed by atoms with van der Waals surface area (Å²) in [5.74, 6) is 1.79. The maximum absolute atomic E-state index is 5.86. The first kappa shape index (κ1) is 10.7. The van der Waals surface area contributed by atoms with Gasteiger partial charge in [0.25, 0.3) is 0 Å². The van der Waals surface area contributed by atoms with Crippen LogP contribution in [0, 0.1) is 13.8 Å².